The van der Waals surface area contributed by atoms with Crippen LogP contribution < -0.4 is 0 Å². The zero-order chi connectivity index (χ0) is 8.31. The molecule has 0 rings (SSSR count). The van der Waals surface area contributed by atoms with Crippen molar-refractivity contribution in [3.8, 4) is 0 Å². The van der Waals surface area contributed by atoms with Crippen LogP contribution in [0.4, 0.5) is 0 Å². The number of carboxylic acids is 1. The van der Waals surface area contributed by atoms with Crippen LogP contribution in [0.5, 0.6) is 0 Å². The van der Waals surface area contributed by atoms with Gasteiger partial charge in [0.25, 0.3) is 0 Å². The predicted octanol–water partition coefficient (Wildman–Crippen LogP) is 0.644. The van der Waals surface area contributed by atoms with Gasteiger partial charge in [-0.3, -0.25) is 4.79 Å². The summed E-state index contributed by atoms with van der Waals surface area (Å²) in [5, 5.41) is 17.5. The number of rotatable bonds is 3. The summed E-state index contributed by atoms with van der Waals surface area (Å²) < 4.78 is 0. The summed E-state index contributed by atoms with van der Waals surface area (Å²) in [7, 11) is 0. The molecule has 10 heavy (non-hydrogen) atoms. The van der Waals surface area contributed by atoms with E-state index < -0.39 is 18.0 Å². The molecule has 3 heteroatoms. The van der Waals surface area contributed by atoms with Crippen LogP contribution in [0.1, 0.15) is 13.8 Å². The quantitative estimate of drug-likeness (QED) is 0.571. The van der Waals surface area contributed by atoms with Crippen molar-refractivity contribution in [1.82, 2.24) is 0 Å². The van der Waals surface area contributed by atoms with Crippen LogP contribution in [-0.2, 0) is 4.79 Å². The van der Waals surface area contributed by atoms with Crippen molar-refractivity contribution in [3.05, 3.63) is 12.2 Å². The van der Waals surface area contributed by atoms with Gasteiger partial charge in [-0.2, -0.15) is 0 Å². The summed E-state index contributed by atoms with van der Waals surface area (Å²) in [6.07, 6.45) is -0.933. The van der Waals surface area contributed by atoms with E-state index in [0.717, 1.165) is 0 Å². The SMILES string of the molecule is C=C(C)[C@H](O)[C@@H](C)C(=O)O. The van der Waals surface area contributed by atoms with Crippen LogP contribution in [0, 0.1) is 5.92 Å². The van der Waals surface area contributed by atoms with Crippen molar-refractivity contribution in [2.24, 2.45) is 5.92 Å². The highest BCUT2D eigenvalue weighted by atomic mass is 16.4. The molecule has 0 amide bonds. The van der Waals surface area contributed by atoms with Crippen molar-refractivity contribution in [1.29, 1.82) is 0 Å². The van der Waals surface area contributed by atoms with Crippen LogP contribution in [0.15, 0.2) is 12.2 Å². The second-order valence-corrected chi connectivity index (χ2v) is 2.42. The van der Waals surface area contributed by atoms with E-state index in [1.54, 1.807) is 6.92 Å². The van der Waals surface area contributed by atoms with Crippen LogP contribution in [0.25, 0.3) is 0 Å². The van der Waals surface area contributed by atoms with Gasteiger partial charge in [-0.05, 0) is 13.8 Å². The summed E-state index contributed by atoms with van der Waals surface area (Å²) in [6, 6.07) is 0. The summed E-state index contributed by atoms with van der Waals surface area (Å²) in [6.45, 7) is 6.49. The van der Waals surface area contributed by atoms with E-state index in [0.29, 0.717) is 5.57 Å². The molecule has 0 aliphatic carbocycles. The molecule has 0 unspecified atom stereocenters. The van der Waals surface area contributed by atoms with Gasteiger partial charge >= 0.3 is 5.97 Å². The maximum Gasteiger partial charge on any atom is 0.309 e. The monoisotopic (exact) mass is 144 g/mol. The molecule has 2 N–H and O–H groups in total. The zero-order valence-corrected chi connectivity index (χ0v) is 6.16. The second-order valence-electron chi connectivity index (χ2n) is 2.42. The number of carboxylic acid groups (broad SMARTS) is 1. The first-order valence-electron chi connectivity index (χ1n) is 3.03. The Morgan fingerprint density at radius 2 is 2.00 bits per heavy atom. The van der Waals surface area contributed by atoms with Gasteiger partial charge in [0, 0.05) is 0 Å². The van der Waals surface area contributed by atoms with Crippen molar-refractivity contribution < 1.29 is 15.0 Å². The standard InChI is InChI=1S/C7H12O3/c1-4(2)6(8)5(3)7(9)10/h5-6,8H,1H2,2-3H3,(H,9,10)/t5-,6+/m1/s1. The summed E-state index contributed by atoms with van der Waals surface area (Å²) in [5.74, 6) is -1.77. The van der Waals surface area contributed by atoms with Gasteiger partial charge in [0.05, 0.1) is 12.0 Å². The average Bonchev–Trinajstić information content (AvgIpc) is 1.84. The molecular formula is C7H12O3. The Kier molecular flexibility index (Phi) is 3.09. The van der Waals surface area contributed by atoms with Gasteiger partial charge in [0.1, 0.15) is 0 Å². The van der Waals surface area contributed by atoms with Crippen LogP contribution >= 0.6 is 0 Å². The molecule has 0 aromatic heterocycles. The summed E-state index contributed by atoms with van der Waals surface area (Å²) in [4.78, 5) is 10.2. The molecule has 3 nitrogen and oxygen atoms in total. The molecule has 2 atom stereocenters. The topological polar surface area (TPSA) is 57.5 Å². The lowest BCUT2D eigenvalue weighted by Gasteiger charge is -2.13. The van der Waals surface area contributed by atoms with Crippen molar-refractivity contribution >= 4 is 5.97 Å². The first-order valence-corrected chi connectivity index (χ1v) is 3.03. The number of carbonyl (C=O) groups is 1. The first-order chi connectivity index (χ1) is 4.46. The normalized spacial score (nSPS) is 15.9. The van der Waals surface area contributed by atoms with Gasteiger partial charge in [0.2, 0.25) is 0 Å². The van der Waals surface area contributed by atoms with Crippen molar-refractivity contribution in [3.63, 3.8) is 0 Å². The Bertz CT molecular complexity index is 133. The third-order valence-corrected chi connectivity index (χ3v) is 1.37. The minimum Gasteiger partial charge on any atom is -0.481 e. The van der Waals surface area contributed by atoms with Gasteiger partial charge in [-0.1, -0.05) is 12.2 Å². The van der Waals surface area contributed by atoms with Gasteiger partial charge in [-0.15, -0.1) is 0 Å². The van der Waals surface area contributed by atoms with Crippen molar-refractivity contribution in [2.45, 2.75) is 20.0 Å². The van der Waals surface area contributed by atoms with Gasteiger partial charge < -0.3 is 10.2 Å². The molecule has 0 saturated carbocycles. The van der Waals surface area contributed by atoms with E-state index in [2.05, 4.69) is 6.58 Å². The molecule has 0 spiro atoms. The lowest BCUT2D eigenvalue weighted by atomic mass is 10.0. The number of hydrogen-bond acceptors (Lipinski definition) is 2. The van der Waals surface area contributed by atoms with E-state index in [9.17, 15) is 4.79 Å². The molecule has 0 fully saturated rings. The lowest BCUT2D eigenvalue weighted by molar-refractivity contribution is -0.143. The summed E-state index contributed by atoms with van der Waals surface area (Å²) in [5.41, 5.74) is 0.481. The highest BCUT2D eigenvalue weighted by Gasteiger charge is 2.20. The third-order valence-electron chi connectivity index (χ3n) is 1.37. The average molecular weight is 144 g/mol. The van der Waals surface area contributed by atoms with Gasteiger partial charge in [0.15, 0.2) is 0 Å². The van der Waals surface area contributed by atoms with Gasteiger partial charge in [-0.25, -0.2) is 0 Å². The zero-order valence-electron chi connectivity index (χ0n) is 6.16. The number of aliphatic hydroxyl groups excluding tert-OH is 1. The first kappa shape index (κ1) is 9.17. The Morgan fingerprint density at radius 1 is 1.60 bits per heavy atom. The van der Waals surface area contributed by atoms with Crippen LogP contribution in [0.2, 0.25) is 0 Å². The minimum atomic E-state index is -1.00. The van der Waals surface area contributed by atoms with Crippen LogP contribution in [0.3, 0.4) is 0 Å². The molecule has 0 aliphatic heterocycles. The highest BCUT2D eigenvalue weighted by molar-refractivity contribution is 5.70. The minimum absolute atomic E-state index is 0.481. The Hall–Kier alpha value is -0.830. The van der Waals surface area contributed by atoms with E-state index >= 15 is 0 Å². The summed E-state index contributed by atoms with van der Waals surface area (Å²) >= 11 is 0. The van der Waals surface area contributed by atoms with Crippen LogP contribution in [-0.4, -0.2) is 22.3 Å². The van der Waals surface area contributed by atoms with E-state index in [1.807, 2.05) is 0 Å². The molecule has 0 aromatic rings. The van der Waals surface area contributed by atoms with E-state index in [4.69, 9.17) is 10.2 Å². The highest BCUT2D eigenvalue weighted by Crippen LogP contribution is 2.09. The number of aliphatic hydroxyl groups is 1. The molecule has 0 saturated heterocycles. The molecule has 0 heterocycles. The molecule has 0 radical (unpaired) electrons. The van der Waals surface area contributed by atoms with E-state index in [-0.39, 0.29) is 0 Å². The Morgan fingerprint density at radius 3 is 2.10 bits per heavy atom. The molecule has 58 valence electrons. The van der Waals surface area contributed by atoms with E-state index in [1.165, 1.54) is 6.92 Å². The Labute approximate surface area is 60.0 Å². The smallest absolute Gasteiger partial charge is 0.309 e. The lowest BCUT2D eigenvalue weighted by Crippen LogP contribution is -2.25. The predicted molar refractivity (Wildman–Crippen MR) is 37.6 cm³/mol. The van der Waals surface area contributed by atoms with Crippen molar-refractivity contribution in [2.75, 3.05) is 0 Å². The largest absolute Gasteiger partial charge is 0.481 e. The molecule has 0 aromatic carbocycles. The second kappa shape index (κ2) is 3.37. The maximum atomic E-state index is 10.2. The fraction of sp³-hybridized carbons (Fsp3) is 0.571. The fourth-order valence-electron chi connectivity index (χ4n) is 0.562. The third kappa shape index (κ3) is 2.19. The number of hydrogen-bond donors (Lipinski definition) is 2. The molecule has 0 bridgehead atoms. The fourth-order valence-corrected chi connectivity index (χ4v) is 0.562. The molecular weight excluding hydrogens is 132 g/mol. The number of aliphatic carboxylic acids is 1. The molecule has 0 aliphatic rings. The Balaban J connectivity index is 4.07. The maximum absolute atomic E-state index is 10.2.